The number of ether oxygens (including phenoxy) is 1. The van der Waals surface area contributed by atoms with Gasteiger partial charge in [-0.25, -0.2) is 0 Å². The first kappa shape index (κ1) is 14.9. The van der Waals surface area contributed by atoms with Gasteiger partial charge in [-0.05, 0) is 31.9 Å². The van der Waals surface area contributed by atoms with E-state index in [2.05, 4.69) is 18.3 Å². The molecule has 0 saturated carbocycles. The minimum Gasteiger partial charge on any atom is -0.488 e. The van der Waals surface area contributed by atoms with Gasteiger partial charge >= 0.3 is 5.97 Å². The summed E-state index contributed by atoms with van der Waals surface area (Å²) in [6.07, 6.45) is 2.30. The summed E-state index contributed by atoms with van der Waals surface area (Å²) in [7, 11) is 0. The molecule has 0 aromatic heterocycles. The molecule has 0 fully saturated rings. The van der Waals surface area contributed by atoms with Gasteiger partial charge < -0.3 is 9.84 Å². The molecule has 1 aromatic carbocycles. The maximum atomic E-state index is 11.4. The van der Waals surface area contributed by atoms with Gasteiger partial charge in [0.05, 0.1) is 0 Å². The molecule has 0 amide bonds. The fourth-order valence-electron chi connectivity index (χ4n) is 2.67. The van der Waals surface area contributed by atoms with Crippen LogP contribution in [0, 0.1) is 6.92 Å². The third kappa shape index (κ3) is 3.12. The number of carboxylic acids is 1. The Kier molecular flexibility index (Phi) is 4.33. The fraction of sp³-hybridized carbons (Fsp3) is 0.562. The van der Waals surface area contributed by atoms with Crippen LogP contribution in [0.15, 0.2) is 18.2 Å². The van der Waals surface area contributed by atoms with Gasteiger partial charge in [0, 0.05) is 13.0 Å². The molecule has 0 bridgehead atoms. The first-order valence-corrected chi connectivity index (χ1v) is 7.19. The fourth-order valence-corrected chi connectivity index (χ4v) is 2.67. The lowest BCUT2D eigenvalue weighted by molar-refractivity contribution is -0.144. The van der Waals surface area contributed by atoms with E-state index < -0.39 is 11.5 Å². The number of benzene rings is 1. The lowest BCUT2D eigenvalue weighted by Gasteiger charge is -2.27. The largest absolute Gasteiger partial charge is 0.488 e. The van der Waals surface area contributed by atoms with Gasteiger partial charge in [-0.3, -0.25) is 10.1 Å². The highest BCUT2D eigenvalue weighted by atomic mass is 16.5. The third-order valence-corrected chi connectivity index (χ3v) is 3.90. The van der Waals surface area contributed by atoms with E-state index in [1.165, 1.54) is 11.1 Å². The van der Waals surface area contributed by atoms with Crippen LogP contribution in [-0.2, 0) is 11.2 Å². The smallest absolute Gasteiger partial charge is 0.323 e. The molecule has 1 aromatic rings. The zero-order chi connectivity index (χ0) is 14.8. The van der Waals surface area contributed by atoms with Crippen LogP contribution in [0.2, 0.25) is 0 Å². The van der Waals surface area contributed by atoms with Crippen molar-refractivity contribution in [2.45, 2.75) is 51.7 Å². The molecule has 2 unspecified atom stereocenters. The van der Waals surface area contributed by atoms with Crippen molar-refractivity contribution in [2.24, 2.45) is 0 Å². The number of rotatable bonds is 6. The molecular formula is C16H23NO3. The zero-order valence-corrected chi connectivity index (χ0v) is 12.4. The number of nitrogens with one attached hydrogen (secondary N) is 1. The number of carbonyl (C=O) groups is 1. The number of hydrogen-bond acceptors (Lipinski definition) is 3. The summed E-state index contributed by atoms with van der Waals surface area (Å²) < 4.78 is 5.86. The van der Waals surface area contributed by atoms with Gasteiger partial charge in [0.15, 0.2) is 0 Å². The topological polar surface area (TPSA) is 58.6 Å². The molecule has 4 nitrogen and oxygen atoms in total. The number of hydrogen-bond donors (Lipinski definition) is 2. The maximum absolute atomic E-state index is 11.4. The van der Waals surface area contributed by atoms with E-state index in [9.17, 15) is 9.90 Å². The molecule has 4 heteroatoms. The first-order valence-electron chi connectivity index (χ1n) is 7.19. The van der Waals surface area contributed by atoms with Crippen LogP contribution in [-0.4, -0.2) is 29.3 Å². The summed E-state index contributed by atoms with van der Waals surface area (Å²) in [5.74, 6) is 0.126. The molecule has 20 heavy (non-hydrogen) atoms. The molecule has 0 aliphatic carbocycles. The number of fused-ring (bicyclic) bond motifs is 1. The molecular weight excluding hydrogens is 254 g/mol. The lowest BCUT2D eigenvalue weighted by Crippen LogP contribution is -2.52. The quantitative estimate of drug-likeness (QED) is 0.839. The summed E-state index contributed by atoms with van der Waals surface area (Å²) in [6, 6.07) is 6.16. The summed E-state index contributed by atoms with van der Waals surface area (Å²) in [4.78, 5) is 11.4. The number of carboxylic acid groups (broad SMARTS) is 1. The van der Waals surface area contributed by atoms with Crippen molar-refractivity contribution in [3.63, 3.8) is 0 Å². The van der Waals surface area contributed by atoms with Crippen LogP contribution >= 0.6 is 0 Å². The summed E-state index contributed by atoms with van der Waals surface area (Å²) in [6.45, 7) is 6.35. The third-order valence-electron chi connectivity index (χ3n) is 3.90. The molecule has 0 saturated heterocycles. The van der Waals surface area contributed by atoms with E-state index in [0.29, 0.717) is 13.0 Å². The van der Waals surface area contributed by atoms with Crippen molar-refractivity contribution in [3.8, 4) is 5.75 Å². The number of aryl methyl sites for hydroxylation is 1. The van der Waals surface area contributed by atoms with Gasteiger partial charge in [0.2, 0.25) is 0 Å². The monoisotopic (exact) mass is 277 g/mol. The van der Waals surface area contributed by atoms with Gasteiger partial charge in [-0.2, -0.15) is 0 Å². The predicted octanol–water partition coefficient (Wildman–Crippen LogP) is 2.53. The molecule has 0 radical (unpaired) electrons. The Hall–Kier alpha value is -1.55. The number of aliphatic carboxylic acids is 1. The molecule has 2 rings (SSSR count). The Morgan fingerprint density at radius 3 is 2.95 bits per heavy atom. The highest BCUT2D eigenvalue weighted by Crippen LogP contribution is 2.29. The Balaban J connectivity index is 1.95. The molecule has 110 valence electrons. The van der Waals surface area contributed by atoms with Crippen LogP contribution in [0.25, 0.3) is 0 Å². The summed E-state index contributed by atoms with van der Waals surface area (Å²) in [5.41, 5.74) is 1.56. The Bertz CT molecular complexity index is 500. The van der Waals surface area contributed by atoms with E-state index in [0.717, 1.165) is 18.6 Å². The van der Waals surface area contributed by atoms with Crippen molar-refractivity contribution in [1.29, 1.82) is 0 Å². The minimum absolute atomic E-state index is 0.0160. The Labute approximate surface area is 120 Å². The molecule has 1 aliphatic rings. The average molecular weight is 277 g/mol. The second kappa shape index (κ2) is 5.83. The van der Waals surface area contributed by atoms with Crippen LogP contribution in [0.3, 0.4) is 0 Å². The van der Waals surface area contributed by atoms with Crippen molar-refractivity contribution < 1.29 is 14.6 Å². The highest BCUT2D eigenvalue weighted by Gasteiger charge is 2.33. The van der Waals surface area contributed by atoms with E-state index >= 15 is 0 Å². The first-order chi connectivity index (χ1) is 9.44. The molecule has 1 aliphatic heterocycles. The van der Waals surface area contributed by atoms with E-state index in [4.69, 9.17) is 4.74 Å². The van der Waals surface area contributed by atoms with E-state index in [-0.39, 0.29) is 6.10 Å². The van der Waals surface area contributed by atoms with E-state index in [1.54, 1.807) is 6.92 Å². The van der Waals surface area contributed by atoms with Gasteiger partial charge in [-0.15, -0.1) is 0 Å². The van der Waals surface area contributed by atoms with Crippen molar-refractivity contribution in [2.75, 3.05) is 6.54 Å². The van der Waals surface area contributed by atoms with E-state index in [1.807, 2.05) is 19.1 Å². The van der Waals surface area contributed by atoms with Crippen LogP contribution in [0.5, 0.6) is 5.75 Å². The average Bonchev–Trinajstić information content (AvgIpc) is 2.78. The Morgan fingerprint density at radius 1 is 1.55 bits per heavy atom. The van der Waals surface area contributed by atoms with Crippen molar-refractivity contribution in [3.05, 3.63) is 29.3 Å². The zero-order valence-electron chi connectivity index (χ0n) is 12.4. The van der Waals surface area contributed by atoms with Gasteiger partial charge in [0.25, 0.3) is 0 Å². The van der Waals surface area contributed by atoms with Crippen molar-refractivity contribution >= 4 is 5.97 Å². The molecule has 0 spiro atoms. The lowest BCUT2D eigenvalue weighted by atomic mass is 9.96. The Morgan fingerprint density at radius 2 is 2.30 bits per heavy atom. The molecule has 2 atom stereocenters. The second-order valence-corrected chi connectivity index (χ2v) is 5.82. The van der Waals surface area contributed by atoms with Gasteiger partial charge in [0.1, 0.15) is 17.4 Å². The van der Waals surface area contributed by atoms with Gasteiger partial charge in [-0.1, -0.05) is 31.0 Å². The predicted molar refractivity (Wildman–Crippen MR) is 78.3 cm³/mol. The molecule has 2 N–H and O–H groups in total. The summed E-state index contributed by atoms with van der Waals surface area (Å²) in [5, 5.41) is 12.5. The highest BCUT2D eigenvalue weighted by molar-refractivity contribution is 5.78. The minimum atomic E-state index is -0.872. The standard InChI is InChI=1S/C16H23NO3/c1-4-7-16(3,15(18)19)17-10-13-9-12-8-11(2)5-6-14(12)20-13/h5-6,8,13,17H,4,7,9-10H2,1-3H3,(H,18,19). The van der Waals surface area contributed by atoms with Crippen LogP contribution in [0.1, 0.15) is 37.8 Å². The summed E-state index contributed by atoms with van der Waals surface area (Å²) >= 11 is 0. The second-order valence-electron chi connectivity index (χ2n) is 5.82. The normalized spacial score (nSPS) is 20.1. The van der Waals surface area contributed by atoms with Crippen molar-refractivity contribution in [1.82, 2.24) is 5.32 Å². The molecule has 1 heterocycles. The maximum Gasteiger partial charge on any atom is 0.323 e. The SMILES string of the molecule is CCCC(C)(NCC1Cc2cc(C)ccc2O1)C(=O)O. The van der Waals surface area contributed by atoms with Crippen LogP contribution in [0.4, 0.5) is 0 Å². The van der Waals surface area contributed by atoms with Crippen LogP contribution < -0.4 is 10.1 Å².